The Hall–Kier alpha value is -2.26. The standard InChI is InChI=1S/C19H26ClN3O5S/c1-28-19(27)15(9-12-29-2)23-17(25)8-10-21-16(24)7-11-22-18(26)13-3-5-14(20)6-4-13/h3-6,15H,7-12H2,1-2H3,(H,21,24)(H,22,26)(H,23,25)/t15-/m1/s1. The minimum Gasteiger partial charge on any atom is -0.467 e. The number of amides is 3. The molecule has 160 valence electrons. The Labute approximate surface area is 179 Å². The lowest BCUT2D eigenvalue weighted by atomic mass is 10.2. The zero-order chi connectivity index (χ0) is 21.6. The zero-order valence-electron chi connectivity index (χ0n) is 16.5. The molecule has 3 N–H and O–H groups in total. The highest BCUT2D eigenvalue weighted by Crippen LogP contribution is 2.09. The van der Waals surface area contributed by atoms with E-state index in [1.165, 1.54) is 7.11 Å². The second-order valence-corrected chi connectivity index (χ2v) is 7.46. The van der Waals surface area contributed by atoms with Crippen molar-refractivity contribution in [2.24, 2.45) is 0 Å². The summed E-state index contributed by atoms with van der Waals surface area (Å²) in [5.41, 5.74) is 0.452. The largest absolute Gasteiger partial charge is 0.467 e. The van der Waals surface area contributed by atoms with Gasteiger partial charge in [-0.25, -0.2) is 4.79 Å². The highest BCUT2D eigenvalue weighted by Gasteiger charge is 2.20. The lowest BCUT2D eigenvalue weighted by molar-refractivity contribution is -0.145. The van der Waals surface area contributed by atoms with Gasteiger partial charge in [0.2, 0.25) is 11.8 Å². The average molecular weight is 444 g/mol. The third kappa shape index (κ3) is 10.2. The number of carbonyl (C=O) groups excluding carboxylic acids is 4. The first kappa shape index (κ1) is 24.8. The molecule has 1 aromatic rings. The van der Waals surface area contributed by atoms with Crippen LogP contribution in [0.3, 0.4) is 0 Å². The average Bonchev–Trinajstić information content (AvgIpc) is 2.70. The van der Waals surface area contributed by atoms with Gasteiger partial charge in [0.25, 0.3) is 5.91 Å². The van der Waals surface area contributed by atoms with Crippen molar-refractivity contribution in [2.45, 2.75) is 25.3 Å². The summed E-state index contributed by atoms with van der Waals surface area (Å²) in [4.78, 5) is 47.4. The summed E-state index contributed by atoms with van der Waals surface area (Å²) in [5.74, 6) is -0.724. The molecule has 0 heterocycles. The molecule has 1 rings (SSSR count). The number of halogens is 1. The molecule has 0 unspecified atom stereocenters. The third-order valence-corrected chi connectivity index (χ3v) is 4.75. The van der Waals surface area contributed by atoms with Crippen LogP contribution < -0.4 is 16.0 Å². The highest BCUT2D eigenvalue weighted by atomic mass is 35.5. The Bertz CT molecular complexity index is 700. The number of benzene rings is 1. The van der Waals surface area contributed by atoms with Gasteiger partial charge in [0.15, 0.2) is 0 Å². The van der Waals surface area contributed by atoms with E-state index in [0.717, 1.165) is 0 Å². The first-order valence-electron chi connectivity index (χ1n) is 9.04. The lowest BCUT2D eigenvalue weighted by Gasteiger charge is -2.16. The number of ether oxygens (including phenoxy) is 1. The van der Waals surface area contributed by atoms with Crippen molar-refractivity contribution >= 4 is 47.1 Å². The van der Waals surface area contributed by atoms with Gasteiger partial charge in [-0.3, -0.25) is 14.4 Å². The maximum atomic E-state index is 12.0. The summed E-state index contributed by atoms with van der Waals surface area (Å²) in [6.07, 6.45) is 2.50. The molecule has 29 heavy (non-hydrogen) atoms. The molecule has 0 aliphatic heterocycles. The number of rotatable bonds is 12. The van der Waals surface area contributed by atoms with E-state index in [0.29, 0.717) is 22.8 Å². The maximum absolute atomic E-state index is 12.0. The Morgan fingerprint density at radius 1 is 1.03 bits per heavy atom. The van der Waals surface area contributed by atoms with Gasteiger partial charge in [-0.1, -0.05) is 11.6 Å². The lowest BCUT2D eigenvalue weighted by Crippen LogP contribution is -2.43. The van der Waals surface area contributed by atoms with Crippen LogP contribution in [0.25, 0.3) is 0 Å². The first-order valence-corrected chi connectivity index (χ1v) is 10.8. The van der Waals surface area contributed by atoms with Crippen LogP contribution in [0.15, 0.2) is 24.3 Å². The van der Waals surface area contributed by atoms with Gasteiger partial charge in [-0.15, -0.1) is 0 Å². The molecule has 0 aliphatic rings. The second kappa shape index (κ2) is 13.8. The van der Waals surface area contributed by atoms with Crippen molar-refractivity contribution in [3.63, 3.8) is 0 Å². The normalized spacial score (nSPS) is 11.3. The third-order valence-electron chi connectivity index (χ3n) is 3.85. The van der Waals surface area contributed by atoms with Crippen LogP contribution in [-0.4, -0.2) is 61.9 Å². The predicted octanol–water partition coefficient (Wildman–Crippen LogP) is 1.38. The highest BCUT2D eigenvalue weighted by molar-refractivity contribution is 7.98. The van der Waals surface area contributed by atoms with Gasteiger partial charge in [0, 0.05) is 36.5 Å². The van der Waals surface area contributed by atoms with Crippen LogP contribution in [0.5, 0.6) is 0 Å². The van der Waals surface area contributed by atoms with E-state index in [4.69, 9.17) is 11.6 Å². The van der Waals surface area contributed by atoms with Crippen molar-refractivity contribution in [2.75, 3.05) is 32.2 Å². The number of methoxy groups -OCH3 is 1. The van der Waals surface area contributed by atoms with Crippen molar-refractivity contribution in [1.82, 2.24) is 16.0 Å². The molecule has 8 nitrogen and oxygen atoms in total. The van der Waals surface area contributed by atoms with E-state index in [1.807, 2.05) is 6.26 Å². The molecular formula is C19H26ClN3O5S. The summed E-state index contributed by atoms with van der Waals surface area (Å²) in [7, 11) is 1.27. The first-order chi connectivity index (χ1) is 13.9. The minimum atomic E-state index is -0.696. The number of carbonyl (C=O) groups is 4. The van der Waals surface area contributed by atoms with Gasteiger partial charge in [-0.05, 0) is 42.7 Å². The summed E-state index contributed by atoms with van der Waals surface area (Å²) in [6.45, 7) is 0.296. The number of hydrogen-bond donors (Lipinski definition) is 3. The van der Waals surface area contributed by atoms with Crippen LogP contribution in [0, 0.1) is 0 Å². The Kier molecular flexibility index (Phi) is 11.8. The molecule has 0 radical (unpaired) electrons. The molecule has 0 aromatic heterocycles. The smallest absolute Gasteiger partial charge is 0.328 e. The molecule has 0 aliphatic carbocycles. The van der Waals surface area contributed by atoms with Crippen molar-refractivity contribution in [3.8, 4) is 0 Å². The van der Waals surface area contributed by atoms with E-state index >= 15 is 0 Å². The number of thioether (sulfide) groups is 1. The number of hydrogen-bond acceptors (Lipinski definition) is 6. The van der Waals surface area contributed by atoms with Gasteiger partial charge < -0.3 is 20.7 Å². The van der Waals surface area contributed by atoms with Crippen molar-refractivity contribution < 1.29 is 23.9 Å². The Morgan fingerprint density at radius 2 is 1.66 bits per heavy atom. The zero-order valence-corrected chi connectivity index (χ0v) is 18.0. The quantitative estimate of drug-likeness (QED) is 0.420. The summed E-state index contributed by atoms with van der Waals surface area (Å²) < 4.78 is 4.68. The Balaban J connectivity index is 2.25. The maximum Gasteiger partial charge on any atom is 0.328 e. The fourth-order valence-corrected chi connectivity index (χ4v) is 2.89. The van der Waals surface area contributed by atoms with E-state index in [1.54, 1.807) is 36.0 Å². The van der Waals surface area contributed by atoms with Gasteiger partial charge in [0.1, 0.15) is 6.04 Å². The molecule has 0 bridgehead atoms. The SMILES string of the molecule is COC(=O)[C@@H](CCSC)NC(=O)CCNC(=O)CCNC(=O)c1ccc(Cl)cc1. The number of nitrogens with one attached hydrogen (secondary N) is 3. The molecule has 3 amide bonds. The van der Waals surface area contributed by atoms with Crippen LogP contribution >= 0.6 is 23.4 Å². The van der Waals surface area contributed by atoms with Gasteiger partial charge in [-0.2, -0.15) is 11.8 Å². The fraction of sp³-hybridized carbons (Fsp3) is 0.474. The summed E-state index contributed by atoms with van der Waals surface area (Å²) >= 11 is 7.33. The molecule has 0 saturated carbocycles. The van der Waals surface area contributed by atoms with E-state index in [-0.39, 0.29) is 43.7 Å². The number of esters is 1. The van der Waals surface area contributed by atoms with Crippen molar-refractivity contribution in [1.29, 1.82) is 0 Å². The van der Waals surface area contributed by atoms with E-state index in [2.05, 4.69) is 20.7 Å². The molecule has 1 aromatic carbocycles. The van der Waals surface area contributed by atoms with Gasteiger partial charge >= 0.3 is 5.97 Å². The van der Waals surface area contributed by atoms with Crippen LogP contribution in [-0.2, 0) is 19.1 Å². The van der Waals surface area contributed by atoms with Crippen molar-refractivity contribution in [3.05, 3.63) is 34.9 Å². The van der Waals surface area contributed by atoms with Crippen LogP contribution in [0.2, 0.25) is 5.02 Å². The monoisotopic (exact) mass is 443 g/mol. The van der Waals surface area contributed by atoms with Crippen LogP contribution in [0.1, 0.15) is 29.6 Å². The summed E-state index contributed by atoms with van der Waals surface area (Å²) in [5, 5.41) is 8.39. The van der Waals surface area contributed by atoms with Crippen LogP contribution in [0.4, 0.5) is 0 Å². The molecule has 1 atom stereocenters. The Morgan fingerprint density at radius 3 is 2.28 bits per heavy atom. The summed E-state index contributed by atoms with van der Waals surface area (Å²) in [6, 6.07) is 5.72. The van der Waals surface area contributed by atoms with E-state index < -0.39 is 12.0 Å². The minimum absolute atomic E-state index is 0.0373. The topological polar surface area (TPSA) is 114 Å². The molecular weight excluding hydrogens is 418 g/mol. The molecule has 0 spiro atoms. The van der Waals surface area contributed by atoms with Gasteiger partial charge in [0.05, 0.1) is 7.11 Å². The predicted molar refractivity (Wildman–Crippen MR) is 113 cm³/mol. The second-order valence-electron chi connectivity index (χ2n) is 6.04. The molecule has 0 fully saturated rings. The molecule has 10 heteroatoms. The molecule has 0 saturated heterocycles. The fourth-order valence-electron chi connectivity index (χ4n) is 2.29. The van der Waals surface area contributed by atoms with E-state index in [9.17, 15) is 19.2 Å².